The van der Waals surface area contributed by atoms with Crippen molar-refractivity contribution in [3.8, 4) is 5.75 Å². The highest BCUT2D eigenvalue weighted by Gasteiger charge is 2.07. The number of amides is 2. The molecule has 0 atom stereocenters. The molecule has 0 aliphatic heterocycles. The molecule has 0 saturated carbocycles. The Labute approximate surface area is 158 Å². The molecule has 0 bridgehead atoms. The van der Waals surface area contributed by atoms with Gasteiger partial charge in [0.2, 0.25) is 11.8 Å². The Morgan fingerprint density at radius 3 is 2.44 bits per heavy atom. The molecule has 2 N–H and O–H groups in total. The summed E-state index contributed by atoms with van der Waals surface area (Å²) in [6.07, 6.45) is 2.88. The van der Waals surface area contributed by atoms with Gasteiger partial charge in [0.25, 0.3) is 0 Å². The molecular formula is C21H23FN2O3. The molecular weight excluding hydrogens is 347 g/mol. The van der Waals surface area contributed by atoms with Crippen LogP contribution < -0.4 is 15.4 Å². The number of carbonyl (C=O) groups excluding carboxylic acids is 2. The lowest BCUT2D eigenvalue weighted by Gasteiger charge is -2.08. The van der Waals surface area contributed by atoms with Crippen molar-refractivity contribution in [1.82, 2.24) is 5.32 Å². The minimum Gasteiger partial charge on any atom is -0.494 e. The average Bonchev–Trinajstić information content (AvgIpc) is 2.65. The van der Waals surface area contributed by atoms with Crippen molar-refractivity contribution in [1.29, 1.82) is 0 Å². The third-order valence-electron chi connectivity index (χ3n) is 3.82. The first-order chi connectivity index (χ1) is 12.9. The second kappa shape index (κ2) is 9.52. The van der Waals surface area contributed by atoms with E-state index in [0.717, 1.165) is 5.56 Å². The Hall–Kier alpha value is -3.15. The van der Waals surface area contributed by atoms with E-state index in [-0.39, 0.29) is 23.5 Å². The summed E-state index contributed by atoms with van der Waals surface area (Å²) in [5.41, 5.74) is 2.17. The van der Waals surface area contributed by atoms with Gasteiger partial charge in [-0.2, -0.15) is 0 Å². The van der Waals surface area contributed by atoms with Crippen LogP contribution in [0.2, 0.25) is 0 Å². The fourth-order valence-electron chi connectivity index (χ4n) is 2.20. The SMILES string of the molecule is COc1ccc(/C=C/C(=O)NCc2ccc(NC(=O)C(C)C)cc2)cc1F. The van der Waals surface area contributed by atoms with Gasteiger partial charge in [-0.3, -0.25) is 9.59 Å². The molecule has 142 valence electrons. The van der Waals surface area contributed by atoms with E-state index in [1.807, 2.05) is 26.0 Å². The van der Waals surface area contributed by atoms with Crippen LogP contribution in [-0.4, -0.2) is 18.9 Å². The molecule has 27 heavy (non-hydrogen) atoms. The molecule has 2 aromatic carbocycles. The van der Waals surface area contributed by atoms with Crippen molar-refractivity contribution in [2.24, 2.45) is 5.92 Å². The molecule has 0 unspecified atom stereocenters. The highest BCUT2D eigenvalue weighted by Crippen LogP contribution is 2.18. The molecule has 0 spiro atoms. The van der Waals surface area contributed by atoms with Crippen molar-refractivity contribution in [3.05, 3.63) is 65.5 Å². The summed E-state index contributed by atoms with van der Waals surface area (Å²) in [6.45, 7) is 4.00. The van der Waals surface area contributed by atoms with E-state index in [2.05, 4.69) is 10.6 Å². The lowest BCUT2D eigenvalue weighted by atomic mass is 10.1. The minimum absolute atomic E-state index is 0.0452. The number of anilines is 1. The quantitative estimate of drug-likeness (QED) is 0.730. The van der Waals surface area contributed by atoms with Gasteiger partial charge < -0.3 is 15.4 Å². The van der Waals surface area contributed by atoms with E-state index in [0.29, 0.717) is 17.8 Å². The average molecular weight is 370 g/mol. The molecule has 0 radical (unpaired) electrons. The number of nitrogens with one attached hydrogen (secondary N) is 2. The molecule has 5 nitrogen and oxygen atoms in total. The summed E-state index contributed by atoms with van der Waals surface area (Å²) in [5, 5.41) is 5.56. The number of ether oxygens (including phenoxy) is 1. The first-order valence-corrected chi connectivity index (χ1v) is 8.58. The van der Waals surface area contributed by atoms with Crippen LogP contribution in [0.25, 0.3) is 6.08 Å². The van der Waals surface area contributed by atoms with Crippen molar-refractivity contribution < 1.29 is 18.7 Å². The van der Waals surface area contributed by atoms with Crippen LogP contribution >= 0.6 is 0 Å². The van der Waals surface area contributed by atoms with Gasteiger partial charge >= 0.3 is 0 Å². The molecule has 0 fully saturated rings. The molecule has 0 aliphatic rings. The van der Waals surface area contributed by atoms with Crippen LogP contribution in [0.15, 0.2) is 48.5 Å². The number of hydrogen-bond acceptors (Lipinski definition) is 3. The zero-order valence-corrected chi connectivity index (χ0v) is 15.6. The second-order valence-electron chi connectivity index (χ2n) is 6.29. The summed E-state index contributed by atoms with van der Waals surface area (Å²) in [4.78, 5) is 23.6. The van der Waals surface area contributed by atoms with E-state index in [4.69, 9.17) is 4.74 Å². The summed E-state index contributed by atoms with van der Waals surface area (Å²) < 4.78 is 18.5. The Morgan fingerprint density at radius 2 is 1.85 bits per heavy atom. The largest absolute Gasteiger partial charge is 0.494 e. The first-order valence-electron chi connectivity index (χ1n) is 8.58. The Balaban J connectivity index is 1.86. The Bertz CT molecular complexity index is 830. The van der Waals surface area contributed by atoms with Gasteiger partial charge in [0, 0.05) is 24.2 Å². The van der Waals surface area contributed by atoms with Crippen LogP contribution in [-0.2, 0) is 16.1 Å². The van der Waals surface area contributed by atoms with Crippen molar-refractivity contribution in [3.63, 3.8) is 0 Å². The molecule has 6 heteroatoms. The summed E-state index contributed by atoms with van der Waals surface area (Å²) >= 11 is 0. The first kappa shape index (κ1) is 20.2. The maximum Gasteiger partial charge on any atom is 0.244 e. The number of rotatable bonds is 7. The zero-order chi connectivity index (χ0) is 19.8. The fraction of sp³-hybridized carbons (Fsp3) is 0.238. The molecule has 0 aromatic heterocycles. The van der Waals surface area contributed by atoms with Crippen molar-refractivity contribution in [2.75, 3.05) is 12.4 Å². The van der Waals surface area contributed by atoms with Crippen LogP contribution in [0.1, 0.15) is 25.0 Å². The molecule has 2 rings (SSSR count). The molecule has 2 aromatic rings. The van der Waals surface area contributed by atoms with Gasteiger partial charge in [-0.15, -0.1) is 0 Å². The van der Waals surface area contributed by atoms with Gasteiger partial charge in [0.15, 0.2) is 11.6 Å². The van der Waals surface area contributed by atoms with E-state index < -0.39 is 5.82 Å². The van der Waals surface area contributed by atoms with Crippen LogP contribution in [0.3, 0.4) is 0 Å². The highest BCUT2D eigenvalue weighted by atomic mass is 19.1. The zero-order valence-electron chi connectivity index (χ0n) is 15.6. The Morgan fingerprint density at radius 1 is 1.15 bits per heavy atom. The third-order valence-corrected chi connectivity index (χ3v) is 3.82. The normalized spacial score (nSPS) is 10.9. The van der Waals surface area contributed by atoms with E-state index in [9.17, 15) is 14.0 Å². The number of benzene rings is 2. The molecule has 0 heterocycles. The predicted octanol–water partition coefficient (Wildman–Crippen LogP) is 3.76. The number of hydrogen-bond donors (Lipinski definition) is 2. The minimum atomic E-state index is -0.482. The third kappa shape index (κ3) is 6.26. The van der Waals surface area contributed by atoms with E-state index in [1.54, 1.807) is 18.2 Å². The van der Waals surface area contributed by atoms with Gasteiger partial charge in [-0.1, -0.05) is 32.0 Å². The lowest BCUT2D eigenvalue weighted by Crippen LogP contribution is -2.20. The fourth-order valence-corrected chi connectivity index (χ4v) is 2.20. The standard InChI is InChI=1S/C21H23FN2O3/c1-14(2)21(26)24-17-8-4-16(5-9-17)13-23-20(25)11-7-15-6-10-19(27-3)18(22)12-15/h4-12,14H,13H2,1-3H3,(H,23,25)(H,24,26)/b11-7+. The van der Waals surface area contributed by atoms with Gasteiger partial charge in [0.05, 0.1) is 7.11 Å². The summed E-state index contributed by atoms with van der Waals surface area (Å²) in [7, 11) is 1.39. The van der Waals surface area contributed by atoms with E-state index in [1.165, 1.54) is 31.4 Å². The highest BCUT2D eigenvalue weighted by molar-refractivity contribution is 5.92. The Kier molecular flexibility index (Phi) is 7.11. The van der Waals surface area contributed by atoms with Crippen LogP contribution in [0.5, 0.6) is 5.75 Å². The van der Waals surface area contributed by atoms with Gasteiger partial charge in [-0.05, 0) is 41.5 Å². The van der Waals surface area contributed by atoms with Crippen molar-refractivity contribution >= 4 is 23.6 Å². The van der Waals surface area contributed by atoms with Crippen molar-refractivity contribution in [2.45, 2.75) is 20.4 Å². The maximum atomic E-state index is 13.6. The smallest absolute Gasteiger partial charge is 0.244 e. The summed E-state index contributed by atoms with van der Waals surface area (Å²) in [6, 6.07) is 11.7. The number of halogens is 1. The van der Waals surface area contributed by atoms with E-state index >= 15 is 0 Å². The second-order valence-corrected chi connectivity index (χ2v) is 6.29. The van der Waals surface area contributed by atoms with Gasteiger partial charge in [0.1, 0.15) is 0 Å². The van der Waals surface area contributed by atoms with Crippen LogP contribution in [0, 0.1) is 11.7 Å². The predicted molar refractivity (Wildman–Crippen MR) is 104 cm³/mol. The number of carbonyl (C=O) groups is 2. The monoisotopic (exact) mass is 370 g/mol. The topological polar surface area (TPSA) is 67.4 Å². The molecule has 0 saturated heterocycles. The summed E-state index contributed by atoms with van der Waals surface area (Å²) in [5.74, 6) is -0.746. The molecule has 2 amide bonds. The molecule has 0 aliphatic carbocycles. The van der Waals surface area contributed by atoms with Crippen LogP contribution in [0.4, 0.5) is 10.1 Å². The van der Waals surface area contributed by atoms with Gasteiger partial charge in [-0.25, -0.2) is 4.39 Å². The lowest BCUT2D eigenvalue weighted by molar-refractivity contribution is -0.119. The maximum absolute atomic E-state index is 13.6. The number of methoxy groups -OCH3 is 1.